The number of hydrogen-bond donors (Lipinski definition) is 0. The Bertz CT molecular complexity index is 440. The van der Waals surface area contributed by atoms with Gasteiger partial charge in [0.25, 0.3) is 0 Å². The molecule has 0 aliphatic heterocycles. The molecule has 0 aliphatic rings. The van der Waals surface area contributed by atoms with Gasteiger partial charge in [-0.05, 0) is 32.0 Å². The Labute approximate surface area is 87.6 Å². The standard InChI is InChI=1S/C9H10ClFO2S/c1-6(2)14(12,13)9-4-3-7(11)5-8(9)10/h3-6H,1-2H3. The second-order valence-corrected chi connectivity index (χ2v) is 6.05. The molecule has 0 fully saturated rings. The topological polar surface area (TPSA) is 34.1 Å². The van der Waals surface area contributed by atoms with Crippen LogP contribution in [0.3, 0.4) is 0 Å². The van der Waals surface area contributed by atoms with Gasteiger partial charge in [0.15, 0.2) is 9.84 Å². The normalized spacial score (nSPS) is 12.1. The van der Waals surface area contributed by atoms with Crippen LogP contribution < -0.4 is 0 Å². The maximum absolute atomic E-state index is 12.7. The first-order chi connectivity index (χ1) is 6.35. The van der Waals surface area contributed by atoms with Gasteiger partial charge in [0.1, 0.15) is 5.82 Å². The van der Waals surface area contributed by atoms with Gasteiger partial charge < -0.3 is 0 Å². The van der Waals surface area contributed by atoms with E-state index in [0.717, 1.165) is 12.1 Å². The largest absolute Gasteiger partial charge is 0.223 e. The van der Waals surface area contributed by atoms with E-state index in [9.17, 15) is 12.8 Å². The summed E-state index contributed by atoms with van der Waals surface area (Å²) in [5, 5.41) is -0.635. The van der Waals surface area contributed by atoms with Crippen molar-refractivity contribution < 1.29 is 12.8 Å². The molecule has 0 saturated carbocycles. The van der Waals surface area contributed by atoms with Crippen molar-refractivity contribution in [1.29, 1.82) is 0 Å². The van der Waals surface area contributed by atoms with Crippen LogP contribution in [-0.2, 0) is 9.84 Å². The van der Waals surface area contributed by atoms with E-state index < -0.39 is 20.9 Å². The van der Waals surface area contributed by atoms with Crippen LogP contribution >= 0.6 is 11.6 Å². The fraction of sp³-hybridized carbons (Fsp3) is 0.333. The Morgan fingerprint density at radius 2 is 1.93 bits per heavy atom. The van der Waals surface area contributed by atoms with E-state index in [1.165, 1.54) is 6.07 Å². The average Bonchev–Trinajstić information content (AvgIpc) is 2.02. The summed E-state index contributed by atoms with van der Waals surface area (Å²) in [6.07, 6.45) is 0. The molecular weight excluding hydrogens is 227 g/mol. The predicted octanol–water partition coefficient (Wildman–Crippen LogP) is 2.66. The third-order valence-corrected chi connectivity index (χ3v) is 4.46. The fourth-order valence-electron chi connectivity index (χ4n) is 0.960. The Balaban J connectivity index is 3.35. The summed E-state index contributed by atoms with van der Waals surface area (Å²) < 4.78 is 36.0. The molecule has 0 aromatic heterocycles. The first-order valence-corrected chi connectivity index (χ1v) is 5.97. The molecular formula is C9H10ClFO2S. The summed E-state index contributed by atoms with van der Waals surface area (Å²) in [5.41, 5.74) is 0. The van der Waals surface area contributed by atoms with Gasteiger partial charge >= 0.3 is 0 Å². The van der Waals surface area contributed by atoms with Crippen LogP contribution in [0.5, 0.6) is 0 Å². The van der Waals surface area contributed by atoms with Crippen molar-refractivity contribution in [1.82, 2.24) is 0 Å². The maximum atomic E-state index is 12.7. The minimum Gasteiger partial charge on any atom is -0.223 e. The molecule has 0 bridgehead atoms. The van der Waals surface area contributed by atoms with Crippen molar-refractivity contribution in [3.63, 3.8) is 0 Å². The minimum absolute atomic E-state index is 0.0180. The zero-order valence-electron chi connectivity index (χ0n) is 7.79. The van der Waals surface area contributed by atoms with Crippen LogP contribution in [0.1, 0.15) is 13.8 Å². The van der Waals surface area contributed by atoms with Crippen molar-refractivity contribution in [3.8, 4) is 0 Å². The average molecular weight is 237 g/mol. The van der Waals surface area contributed by atoms with E-state index in [1.807, 2.05) is 0 Å². The van der Waals surface area contributed by atoms with Gasteiger partial charge in [-0.15, -0.1) is 0 Å². The highest BCUT2D eigenvalue weighted by molar-refractivity contribution is 7.92. The number of halogens is 2. The summed E-state index contributed by atoms with van der Waals surface area (Å²) in [6, 6.07) is 3.27. The van der Waals surface area contributed by atoms with Crippen molar-refractivity contribution in [2.45, 2.75) is 24.0 Å². The molecule has 14 heavy (non-hydrogen) atoms. The fourth-order valence-corrected chi connectivity index (χ4v) is 2.55. The summed E-state index contributed by atoms with van der Waals surface area (Å²) in [6.45, 7) is 3.10. The van der Waals surface area contributed by atoms with Crippen LogP contribution in [0.4, 0.5) is 4.39 Å². The second kappa shape index (κ2) is 3.87. The zero-order valence-corrected chi connectivity index (χ0v) is 9.36. The Morgan fingerprint density at radius 1 is 1.36 bits per heavy atom. The Morgan fingerprint density at radius 3 is 2.36 bits per heavy atom. The lowest BCUT2D eigenvalue weighted by Crippen LogP contribution is -2.14. The number of sulfone groups is 1. The lowest BCUT2D eigenvalue weighted by atomic mass is 10.3. The highest BCUT2D eigenvalue weighted by Crippen LogP contribution is 2.25. The van der Waals surface area contributed by atoms with Gasteiger partial charge in [0.05, 0.1) is 15.2 Å². The first-order valence-electron chi connectivity index (χ1n) is 4.04. The molecule has 0 spiro atoms. The summed E-state index contributed by atoms with van der Waals surface area (Å²) in [7, 11) is -3.42. The van der Waals surface area contributed by atoms with Crippen LogP contribution in [0, 0.1) is 5.82 Å². The monoisotopic (exact) mass is 236 g/mol. The SMILES string of the molecule is CC(C)S(=O)(=O)c1ccc(F)cc1Cl. The van der Waals surface area contributed by atoms with Gasteiger partial charge in [0.2, 0.25) is 0 Å². The van der Waals surface area contributed by atoms with Gasteiger partial charge in [-0.1, -0.05) is 11.6 Å². The van der Waals surface area contributed by atoms with Crippen molar-refractivity contribution >= 4 is 21.4 Å². The molecule has 5 heteroatoms. The highest BCUT2D eigenvalue weighted by Gasteiger charge is 2.22. The van der Waals surface area contributed by atoms with Crippen molar-refractivity contribution in [2.75, 3.05) is 0 Å². The second-order valence-electron chi connectivity index (χ2n) is 3.17. The van der Waals surface area contributed by atoms with E-state index in [2.05, 4.69) is 0 Å². The molecule has 0 amide bonds. The third kappa shape index (κ3) is 2.07. The van der Waals surface area contributed by atoms with E-state index >= 15 is 0 Å². The summed E-state index contributed by atoms with van der Waals surface area (Å²) in [4.78, 5) is -0.0180. The van der Waals surface area contributed by atoms with E-state index in [0.29, 0.717) is 0 Å². The minimum atomic E-state index is -3.42. The lowest BCUT2D eigenvalue weighted by molar-refractivity contribution is 0.586. The van der Waals surface area contributed by atoms with Crippen LogP contribution in [-0.4, -0.2) is 13.7 Å². The van der Waals surface area contributed by atoms with E-state index in [4.69, 9.17) is 11.6 Å². The van der Waals surface area contributed by atoms with E-state index in [-0.39, 0.29) is 9.92 Å². The lowest BCUT2D eigenvalue weighted by Gasteiger charge is -2.08. The van der Waals surface area contributed by atoms with E-state index in [1.54, 1.807) is 13.8 Å². The smallest absolute Gasteiger partial charge is 0.182 e. The zero-order chi connectivity index (χ0) is 10.9. The molecule has 0 aliphatic carbocycles. The van der Waals surface area contributed by atoms with Crippen LogP contribution in [0.2, 0.25) is 5.02 Å². The molecule has 0 atom stereocenters. The van der Waals surface area contributed by atoms with Crippen molar-refractivity contribution in [3.05, 3.63) is 29.0 Å². The van der Waals surface area contributed by atoms with Gasteiger partial charge in [-0.2, -0.15) is 0 Å². The molecule has 0 N–H and O–H groups in total. The molecule has 0 saturated heterocycles. The molecule has 78 valence electrons. The Kier molecular flexibility index (Phi) is 3.17. The maximum Gasteiger partial charge on any atom is 0.182 e. The molecule has 2 nitrogen and oxygen atoms in total. The molecule has 0 unspecified atom stereocenters. The molecule has 0 heterocycles. The van der Waals surface area contributed by atoms with Gasteiger partial charge in [-0.3, -0.25) is 0 Å². The van der Waals surface area contributed by atoms with Gasteiger partial charge in [-0.25, -0.2) is 12.8 Å². The Hall–Kier alpha value is -0.610. The van der Waals surface area contributed by atoms with Crippen LogP contribution in [0.15, 0.2) is 23.1 Å². The molecule has 1 rings (SSSR count). The quantitative estimate of drug-likeness (QED) is 0.740. The van der Waals surface area contributed by atoms with Crippen LogP contribution in [0.25, 0.3) is 0 Å². The highest BCUT2D eigenvalue weighted by atomic mass is 35.5. The van der Waals surface area contributed by atoms with Gasteiger partial charge in [0, 0.05) is 0 Å². The number of hydrogen-bond acceptors (Lipinski definition) is 2. The molecule has 1 aromatic carbocycles. The van der Waals surface area contributed by atoms with Crippen molar-refractivity contribution in [2.24, 2.45) is 0 Å². The summed E-state index contributed by atoms with van der Waals surface area (Å²) in [5.74, 6) is -0.544. The molecule has 0 radical (unpaired) electrons. The number of benzene rings is 1. The predicted molar refractivity (Wildman–Crippen MR) is 53.7 cm³/mol. The summed E-state index contributed by atoms with van der Waals surface area (Å²) >= 11 is 5.64. The molecule has 1 aromatic rings. The number of rotatable bonds is 2. The third-order valence-electron chi connectivity index (χ3n) is 1.82. The first kappa shape index (κ1) is 11.5.